The summed E-state index contributed by atoms with van der Waals surface area (Å²) in [5.74, 6) is 0.326. The Bertz CT molecular complexity index is 188. The number of carbonyl (C=O) groups is 1. The summed E-state index contributed by atoms with van der Waals surface area (Å²) in [5, 5.41) is 3.22. The second-order valence-electron chi connectivity index (χ2n) is 4.89. The van der Waals surface area contributed by atoms with Gasteiger partial charge in [0.05, 0.1) is 6.04 Å². The average Bonchev–Trinajstić information content (AvgIpc) is 2.04. The summed E-state index contributed by atoms with van der Waals surface area (Å²) < 4.78 is 0. The molecule has 0 aliphatic carbocycles. The van der Waals surface area contributed by atoms with Crippen molar-refractivity contribution in [3.05, 3.63) is 0 Å². The number of primary amides is 1. The van der Waals surface area contributed by atoms with Crippen LogP contribution in [0.3, 0.4) is 0 Å². The maximum atomic E-state index is 11.0. The third kappa shape index (κ3) is 4.09. The van der Waals surface area contributed by atoms with Crippen LogP contribution in [-0.2, 0) is 4.79 Å². The van der Waals surface area contributed by atoms with Gasteiger partial charge in [0.25, 0.3) is 0 Å². The fourth-order valence-electron chi connectivity index (χ4n) is 1.04. The van der Waals surface area contributed by atoms with Crippen LogP contribution in [0.25, 0.3) is 0 Å². The lowest BCUT2D eigenvalue weighted by atomic mass is 9.81. The van der Waals surface area contributed by atoms with E-state index in [9.17, 15) is 4.79 Å². The van der Waals surface area contributed by atoms with Crippen LogP contribution in [0.1, 0.15) is 41.0 Å². The van der Waals surface area contributed by atoms with Crippen LogP contribution in [0.5, 0.6) is 0 Å². The molecule has 0 radical (unpaired) electrons. The monoisotopic (exact) mass is 200 g/mol. The zero-order valence-electron chi connectivity index (χ0n) is 10.1. The Balaban J connectivity index is 4.09. The lowest BCUT2D eigenvalue weighted by Gasteiger charge is -2.31. The number of hydrogen-bond donors (Lipinski definition) is 2. The molecule has 0 aromatic rings. The molecule has 0 aromatic heterocycles. The van der Waals surface area contributed by atoms with Crippen LogP contribution in [0.4, 0.5) is 0 Å². The second kappa shape index (κ2) is 5.35. The van der Waals surface area contributed by atoms with Gasteiger partial charge < -0.3 is 11.1 Å². The molecular weight excluding hydrogens is 176 g/mol. The molecule has 0 saturated carbocycles. The normalized spacial score (nSPS) is 14.4. The van der Waals surface area contributed by atoms with Crippen molar-refractivity contribution in [2.45, 2.75) is 47.1 Å². The first-order chi connectivity index (χ1) is 6.31. The fourth-order valence-corrected chi connectivity index (χ4v) is 1.04. The molecule has 0 fully saturated rings. The first-order valence-electron chi connectivity index (χ1n) is 5.34. The Morgan fingerprint density at radius 2 is 1.93 bits per heavy atom. The molecule has 0 aromatic carbocycles. The molecule has 1 atom stereocenters. The molecule has 0 heterocycles. The standard InChI is InChI=1S/C11H24N2O/c1-6-9(10(12)14)13-7-11(4,5)8(2)3/h8-9,13H,6-7H2,1-5H3,(H2,12,14). The number of carbonyl (C=O) groups excluding carboxylic acids is 1. The average molecular weight is 200 g/mol. The Morgan fingerprint density at radius 1 is 1.43 bits per heavy atom. The summed E-state index contributed by atoms with van der Waals surface area (Å²) in [4.78, 5) is 11.0. The van der Waals surface area contributed by atoms with Crippen LogP contribution >= 0.6 is 0 Å². The lowest BCUT2D eigenvalue weighted by molar-refractivity contribution is -0.120. The molecule has 1 unspecified atom stereocenters. The van der Waals surface area contributed by atoms with Gasteiger partial charge >= 0.3 is 0 Å². The van der Waals surface area contributed by atoms with Crippen LogP contribution in [0.2, 0.25) is 0 Å². The molecule has 0 aliphatic heterocycles. The van der Waals surface area contributed by atoms with Crippen LogP contribution in [0.15, 0.2) is 0 Å². The minimum absolute atomic E-state index is 0.187. The van der Waals surface area contributed by atoms with E-state index in [4.69, 9.17) is 5.73 Å². The van der Waals surface area contributed by atoms with Crippen molar-refractivity contribution in [1.29, 1.82) is 0 Å². The lowest BCUT2D eigenvalue weighted by Crippen LogP contribution is -2.45. The first kappa shape index (κ1) is 13.4. The zero-order chi connectivity index (χ0) is 11.4. The van der Waals surface area contributed by atoms with Gasteiger partial charge in [0.2, 0.25) is 5.91 Å². The third-order valence-corrected chi connectivity index (χ3v) is 3.12. The van der Waals surface area contributed by atoms with Gasteiger partial charge in [-0.3, -0.25) is 4.79 Å². The van der Waals surface area contributed by atoms with Crippen molar-refractivity contribution >= 4 is 5.91 Å². The molecule has 0 saturated heterocycles. The van der Waals surface area contributed by atoms with Crippen molar-refractivity contribution in [2.75, 3.05) is 6.54 Å². The first-order valence-corrected chi connectivity index (χ1v) is 5.34. The Kier molecular flexibility index (Phi) is 5.13. The molecule has 3 heteroatoms. The van der Waals surface area contributed by atoms with Gasteiger partial charge in [-0.1, -0.05) is 34.6 Å². The molecular formula is C11H24N2O. The van der Waals surface area contributed by atoms with E-state index in [1.807, 2.05) is 6.92 Å². The van der Waals surface area contributed by atoms with E-state index in [0.29, 0.717) is 5.92 Å². The van der Waals surface area contributed by atoms with E-state index in [0.717, 1.165) is 13.0 Å². The van der Waals surface area contributed by atoms with Gasteiger partial charge in [0, 0.05) is 6.54 Å². The summed E-state index contributed by atoms with van der Waals surface area (Å²) in [6.07, 6.45) is 0.753. The Labute approximate surface area is 87.4 Å². The maximum Gasteiger partial charge on any atom is 0.234 e. The predicted octanol–water partition coefficient (Wildman–Crippen LogP) is 1.52. The number of nitrogens with two attached hydrogens (primary N) is 1. The van der Waals surface area contributed by atoms with E-state index in [1.165, 1.54) is 0 Å². The number of rotatable bonds is 6. The highest BCUT2D eigenvalue weighted by Gasteiger charge is 2.24. The highest BCUT2D eigenvalue weighted by Crippen LogP contribution is 2.24. The summed E-state index contributed by atoms with van der Waals surface area (Å²) >= 11 is 0. The molecule has 0 aliphatic rings. The molecule has 84 valence electrons. The fraction of sp³-hybridized carbons (Fsp3) is 0.909. The van der Waals surface area contributed by atoms with E-state index >= 15 is 0 Å². The topological polar surface area (TPSA) is 55.1 Å². The van der Waals surface area contributed by atoms with Gasteiger partial charge in [-0.05, 0) is 17.8 Å². The van der Waals surface area contributed by atoms with E-state index < -0.39 is 0 Å². The molecule has 3 N–H and O–H groups in total. The Morgan fingerprint density at radius 3 is 2.21 bits per heavy atom. The van der Waals surface area contributed by atoms with Gasteiger partial charge in [0.1, 0.15) is 0 Å². The van der Waals surface area contributed by atoms with E-state index in [2.05, 4.69) is 33.0 Å². The SMILES string of the molecule is CCC(NCC(C)(C)C(C)C)C(N)=O. The molecule has 14 heavy (non-hydrogen) atoms. The van der Waals surface area contributed by atoms with Gasteiger partial charge in [-0.25, -0.2) is 0 Å². The Hall–Kier alpha value is -0.570. The second-order valence-corrected chi connectivity index (χ2v) is 4.89. The highest BCUT2D eigenvalue weighted by molar-refractivity contribution is 5.79. The molecule has 0 bridgehead atoms. The maximum absolute atomic E-state index is 11.0. The number of nitrogens with one attached hydrogen (secondary N) is 1. The molecule has 3 nitrogen and oxygen atoms in total. The highest BCUT2D eigenvalue weighted by atomic mass is 16.1. The smallest absolute Gasteiger partial charge is 0.234 e. The summed E-state index contributed by atoms with van der Waals surface area (Å²) in [6, 6.07) is -0.187. The zero-order valence-corrected chi connectivity index (χ0v) is 10.1. The summed E-state index contributed by atoms with van der Waals surface area (Å²) in [5.41, 5.74) is 5.45. The van der Waals surface area contributed by atoms with Gasteiger partial charge in [0.15, 0.2) is 0 Å². The van der Waals surface area contributed by atoms with Crippen LogP contribution in [-0.4, -0.2) is 18.5 Å². The van der Waals surface area contributed by atoms with Gasteiger partial charge in [-0.15, -0.1) is 0 Å². The van der Waals surface area contributed by atoms with Crippen molar-refractivity contribution < 1.29 is 4.79 Å². The quantitative estimate of drug-likeness (QED) is 0.683. The summed E-state index contributed by atoms with van der Waals surface area (Å²) in [6.45, 7) is 11.5. The van der Waals surface area contributed by atoms with Gasteiger partial charge in [-0.2, -0.15) is 0 Å². The molecule has 1 amide bonds. The van der Waals surface area contributed by atoms with Crippen LogP contribution in [0, 0.1) is 11.3 Å². The van der Waals surface area contributed by atoms with Crippen molar-refractivity contribution in [2.24, 2.45) is 17.1 Å². The summed E-state index contributed by atoms with van der Waals surface area (Å²) in [7, 11) is 0. The minimum Gasteiger partial charge on any atom is -0.368 e. The molecule has 0 rings (SSSR count). The largest absolute Gasteiger partial charge is 0.368 e. The number of amides is 1. The number of hydrogen-bond acceptors (Lipinski definition) is 2. The van der Waals surface area contributed by atoms with E-state index in [1.54, 1.807) is 0 Å². The van der Waals surface area contributed by atoms with Crippen molar-refractivity contribution in [3.63, 3.8) is 0 Å². The van der Waals surface area contributed by atoms with Crippen LogP contribution < -0.4 is 11.1 Å². The van der Waals surface area contributed by atoms with E-state index in [-0.39, 0.29) is 17.4 Å². The third-order valence-electron chi connectivity index (χ3n) is 3.12. The van der Waals surface area contributed by atoms with Crippen molar-refractivity contribution in [1.82, 2.24) is 5.32 Å². The predicted molar refractivity (Wildman–Crippen MR) is 59.9 cm³/mol. The molecule has 0 spiro atoms. The van der Waals surface area contributed by atoms with Crippen molar-refractivity contribution in [3.8, 4) is 0 Å². The minimum atomic E-state index is -0.257.